The first-order valence-electron chi connectivity index (χ1n) is 8.71. The van der Waals surface area contributed by atoms with E-state index in [0.29, 0.717) is 25.1 Å². The van der Waals surface area contributed by atoms with Gasteiger partial charge in [-0.25, -0.2) is 0 Å². The van der Waals surface area contributed by atoms with Crippen LogP contribution in [0.4, 0.5) is 13.2 Å². The third-order valence-electron chi connectivity index (χ3n) is 5.19. The van der Waals surface area contributed by atoms with Crippen LogP contribution in [-0.4, -0.2) is 54.8 Å². The van der Waals surface area contributed by atoms with Crippen molar-refractivity contribution in [3.05, 3.63) is 35.4 Å². The monoisotopic (exact) mass is 369 g/mol. The van der Waals surface area contributed by atoms with Crippen molar-refractivity contribution in [1.82, 2.24) is 15.1 Å². The van der Waals surface area contributed by atoms with Gasteiger partial charge in [0.25, 0.3) is 0 Å². The molecule has 0 spiro atoms. The zero-order valence-electron chi connectivity index (χ0n) is 14.6. The van der Waals surface area contributed by atoms with Crippen LogP contribution < -0.4 is 5.32 Å². The summed E-state index contributed by atoms with van der Waals surface area (Å²) in [6, 6.07) is 4.23. The number of benzene rings is 1. The van der Waals surface area contributed by atoms with Crippen LogP contribution >= 0.6 is 0 Å². The number of carbonyl (C=O) groups excluding carboxylic acids is 2. The van der Waals surface area contributed by atoms with Gasteiger partial charge in [0, 0.05) is 39.6 Å². The van der Waals surface area contributed by atoms with Crippen LogP contribution in [0.15, 0.2) is 24.3 Å². The molecular formula is C18H22F3N3O2. The van der Waals surface area contributed by atoms with Crippen LogP contribution in [0.5, 0.6) is 0 Å². The summed E-state index contributed by atoms with van der Waals surface area (Å²) in [6.07, 6.45) is -3.73. The van der Waals surface area contributed by atoms with Crippen molar-refractivity contribution in [3.8, 4) is 0 Å². The predicted molar refractivity (Wildman–Crippen MR) is 89.1 cm³/mol. The molecule has 0 unspecified atom stereocenters. The lowest BCUT2D eigenvalue weighted by atomic mass is 9.83. The number of carbonyl (C=O) groups is 2. The number of alkyl halides is 3. The average molecular weight is 369 g/mol. The smallest absolute Gasteiger partial charge is 0.340 e. The third-order valence-corrected chi connectivity index (χ3v) is 5.19. The number of piperidine rings is 1. The number of likely N-dealkylation sites (tertiary alicyclic amines) is 1. The molecule has 142 valence electrons. The molecule has 0 bridgehead atoms. The Hall–Kier alpha value is -2.09. The van der Waals surface area contributed by atoms with Crippen molar-refractivity contribution < 1.29 is 22.8 Å². The van der Waals surface area contributed by atoms with Crippen molar-refractivity contribution >= 4 is 11.8 Å². The first-order chi connectivity index (χ1) is 12.3. The highest BCUT2D eigenvalue weighted by Crippen LogP contribution is 2.38. The molecule has 2 amide bonds. The van der Waals surface area contributed by atoms with E-state index in [1.807, 2.05) is 0 Å². The van der Waals surface area contributed by atoms with Crippen LogP contribution in [0.3, 0.4) is 0 Å². The fraction of sp³-hybridized carbons (Fsp3) is 0.556. The summed E-state index contributed by atoms with van der Waals surface area (Å²) >= 11 is 0. The number of halogens is 3. The minimum absolute atomic E-state index is 0.0317. The maximum atomic E-state index is 13.0. The predicted octanol–water partition coefficient (Wildman–Crippen LogP) is 2.05. The number of nitrogens with one attached hydrogen (secondary N) is 1. The molecule has 0 radical (unpaired) electrons. The van der Waals surface area contributed by atoms with Crippen LogP contribution in [-0.2, 0) is 15.8 Å². The van der Waals surface area contributed by atoms with Gasteiger partial charge in [-0.3, -0.25) is 9.59 Å². The van der Waals surface area contributed by atoms with Gasteiger partial charge in [-0.2, -0.15) is 13.2 Å². The summed E-state index contributed by atoms with van der Waals surface area (Å²) < 4.78 is 38.5. The van der Waals surface area contributed by atoms with Crippen molar-refractivity contribution in [2.24, 2.45) is 5.92 Å². The Morgan fingerprint density at radius 1 is 1.15 bits per heavy atom. The molecule has 2 aliphatic heterocycles. The first kappa shape index (κ1) is 18.7. The molecule has 1 N–H and O–H groups in total. The van der Waals surface area contributed by atoms with Gasteiger partial charge in [-0.05, 0) is 24.1 Å². The highest BCUT2D eigenvalue weighted by molar-refractivity contribution is 5.85. The second-order valence-electron chi connectivity index (χ2n) is 6.79. The molecule has 1 aromatic carbocycles. The Morgan fingerprint density at radius 2 is 1.77 bits per heavy atom. The second-order valence-corrected chi connectivity index (χ2v) is 6.79. The molecule has 0 aromatic heterocycles. The standard InChI is InChI=1S/C18H22F3N3O2/c1-23-15(25)7-6-14(17(26)24-10-8-22-9-11-24)16(23)12-2-4-13(5-3-12)18(19,20)21/h2-5,14,16,22H,6-11H2,1H3/t14-,16-/m1/s1. The topological polar surface area (TPSA) is 52.7 Å². The van der Waals surface area contributed by atoms with Crippen molar-refractivity contribution in [2.75, 3.05) is 33.2 Å². The molecule has 1 aromatic rings. The summed E-state index contributed by atoms with van der Waals surface area (Å²) in [4.78, 5) is 28.4. The van der Waals surface area contributed by atoms with Crippen LogP contribution in [0, 0.1) is 5.92 Å². The highest BCUT2D eigenvalue weighted by Gasteiger charge is 2.41. The van der Waals surface area contributed by atoms with E-state index in [4.69, 9.17) is 0 Å². The van der Waals surface area contributed by atoms with E-state index < -0.39 is 23.7 Å². The van der Waals surface area contributed by atoms with Gasteiger partial charge in [-0.15, -0.1) is 0 Å². The number of piperazine rings is 1. The van der Waals surface area contributed by atoms with E-state index >= 15 is 0 Å². The van der Waals surface area contributed by atoms with Crippen LogP contribution in [0.1, 0.15) is 30.0 Å². The summed E-state index contributed by atoms with van der Waals surface area (Å²) in [6.45, 7) is 2.65. The normalized spacial score (nSPS) is 24.7. The molecule has 2 heterocycles. The van der Waals surface area contributed by atoms with Crippen molar-refractivity contribution in [1.29, 1.82) is 0 Å². The maximum Gasteiger partial charge on any atom is 0.416 e. The minimum atomic E-state index is -4.41. The zero-order chi connectivity index (χ0) is 18.9. The lowest BCUT2D eigenvalue weighted by Gasteiger charge is -2.41. The number of rotatable bonds is 2. The fourth-order valence-corrected chi connectivity index (χ4v) is 3.74. The van der Waals surface area contributed by atoms with Gasteiger partial charge in [0.2, 0.25) is 11.8 Å². The summed E-state index contributed by atoms with van der Waals surface area (Å²) in [5, 5.41) is 3.19. The quantitative estimate of drug-likeness (QED) is 0.868. The lowest BCUT2D eigenvalue weighted by Crippen LogP contribution is -2.52. The molecule has 2 aliphatic rings. The van der Waals surface area contributed by atoms with Gasteiger partial charge in [0.05, 0.1) is 17.5 Å². The van der Waals surface area contributed by atoms with Crippen molar-refractivity contribution in [2.45, 2.75) is 25.1 Å². The van der Waals surface area contributed by atoms with E-state index in [9.17, 15) is 22.8 Å². The number of amides is 2. The van der Waals surface area contributed by atoms with Gasteiger partial charge in [0.15, 0.2) is 0 Å². The van der Waals surface area contributed by atoms with Crippen molar-refractivity contribution in [3.63, 3.8) is 0 Å². The number of hydrogen-bond donors (Lipinski definition) is 1. The highest BCUT2D eigenvalue weighted by atomic mass is 19.4. The molecule has 2 atom stereocenters. The number of nitrogens with zero attached hydrogens (tertiary/aromatic N) is 2. The Balaban J connectivity index is 1.88. The van der Waals surface area contributed by atoms with E-state index in [1.54, 1.807) is 11.9 Å². The van der Waals surface area contributed by atoms with E-state index in [2.05, 4.69) is 5.32 Å². The Kier molecular flexibility index (Phi) is 5.22. The summed E-state index contributed by atoms with van der Waals surface area (Å²) in [5.74, 6) is -0.567. The van der Waals surface area contributed by atoms with Gasteiger partial charge in [-0.1, -0.05) is 12.1 Å². The fourth-order valence-electron chi connectivity index (χ4n) is 3.74. The third kappa shape index (κ3) is 3.70. The Bertz CT molecular complexity index is 669. The van der Waals surface area contributed by atoms with Gasteiger partial charge in [0.1, 0.15) is 0 Å². The lowest BCUT2D eigenvalue weighted by molar-refractivity contribution is -0.147. The molecule has 5 nitrogen and oxygen atoms in total. The van der Waals surface area contributed by atoms with Gasteiger partial charge >= 0.3 is 6.18 Å². The molecular weight excluding hydrogens is 347 g/mol. The molecule has 26 heavy (non-hydrogen) atoms. The molecule has 2 saturated heterocycles. The molecule has 0 saturated carbocycles. The maximum absolute atomic E-state index is 13.0. The van der Waals surface area contributed by atoms with Gasteiger partial charge < -0.3 is 15.1 Å². The molecule has 8 heteroatoms. The first-order valence-corrected chi connectivity index (χ1v) is 8.71. The van der Waals surface area contributed by atoms with Crippen LogP contribution in [0.2, 0.25) is 0 Å². The van der Waals surface area contributed by atoms with E-state index in [1.165, 1.54) is 17.0 Å². The van der Waals surface area contributed by atoms with E-state index in [-0.39, 0.29) is 18.2 Å². The average Bonchev–Trinajstić information content (AvgIpc) is 2.63. The molecule has 2 fully saturated rings. The zero-order valence-corrected chi connectivity index (χ0v) is 14.6. The SMILES string of the molecule is CN1C(=O)CC[C@@H](C(=O)N2CCNCC2)[C@H]1c1ccc(C(F)(F)F)cc1. The Morgan fingerprint density at radius 3 is 2.35 bits per heavy atom. The summed E-state index contributed by atoms with van der Waals surface area (Å²) in [5.41, 5.74) is -0.182. The second kappa shape index (κ2) is 7.26. The molecule has 0 aliphatic carbocycles. The largest absolute Gasteiger partial charge is 0.416 e. The Labute approximate surface area is 150 Å². The van der Waals surface area contributed by atoms with E-state index in [0.717, 1.165) is 25.2 Å². The van der Waals surface area contributed by atoms with Crippen LogP contribution in [0.25, 0.3) is 0 Å². The summed E-state index contributed by atoms with van der Waals surface area (Å²) in [7, 11) is 1.61. The number of hydrogen-bond acceptors (Lipinski definition) is 3. The minimum Gasteiger partial charge on any atom is -0.340 e. The molecule has 3 rings (SSSR count).